The fraction of sp³-hybridized carbons (Fsp3) is 0.182. The van der Waals surface area contributed by atoms with Gasteiger partial charge in [-0.25, -0.2) is 9.97 Å². The van der Waals surface area contributed by atoms with Crippen LogP contribution in [0.4, 0.5) is 17.3 Å². The molecular weight excluding hydrogens is 366 g/mol. The molecule has 0 aliphatic rings. The summed E-state index contributed by atoms with van der Waals surface area (Å²) in [4.78, 5) is 21.2. The van der Waals surface area contributed by atoms with Crippen molar-refractivity contribution in [3.05, 3.63) is 71.5 Å². The molecule has 1 aromatic heterocycles. The zero-order valence-electron chi connectivity index (χ0n) is 16.4. The molecule has 0 bridgehead atoms. The van der Waals surface area contributed by atoms with Crippen molar-refractivity contribution in [2.24, 2.45) is 0 Å². The Morgan fingerprint density at radius 1 is 1.03 bits per heavy atom. The molecule has 0 fully saturated rings. The minimum Gasteiger partial charge on any atom is -0.491 e. The Labute approximate surface area is 169 Å². The minimum atomic E-state index is -0.357. The maximum Gasteiger partial charge on any atom is 0.274 e. The largest absolute Gasteiger partial charge is 0.491 e. The number of anilines is 3. The van der Waals surface area contributed by atoms with Crippen LogP contribution in [-0.4, -0.2) is 22.0 Å². The average Bonchev–Trinajstić information content (AvgIpc) is 2.69. The van der Waals surface area contributed by atoms with Crippen LogP contribution >= 0.6 is 0 Å². The quantitative estimate of drug-likeness (QED) is 0.649. The summed E-state index contributed by atoms with van der Waals surface area (Å²) in [6.45, 7) is 5.74. The van der Waals surface area contributed by atoms with E-state index < -0.39 is 0 Å². The van der Waals surface area contributed by atoms with E-state index in [0.717, 1.165) is 11.4 Å². The number of nitrogens with one attached hydrogen (secondary N) is 2. The number of hydrogen-bond acceptors (Lipinski definition) is 6. The summed E-state index contributed by atoms with van der Waals surface area (Å²) in [5.41, 5.74) is 2.79. The third-order valence-electron chi connectivity index (χ3n) is 3.84. The highest BCUT2D eigenvalue weighted by molar-refractivity contribution is 6.03. The van der Waals surface area contributed by atoms with Crippen molar-refractivity contribution in [1.82, 2.24) is 9.97 Å². The molecule has 0 unspecified atom stereocenters. The molecule has 29 heavy (non-hydrogen) atoms. The average molecular weight is 387 g/mol. The van der Waals surface area contributed by atoms with Crippen LogP contribution in [0.1, 0.15) is 35.6 Å². The van der Waals surface area contributed by atoms with Gasteiger partial charge in [0.25, 0.3) is 5.91 Å². The second-order valence-electron chi connectivity index (χ2n) is 6.68. The molecular formula is C22H21N5O2. The van der Waals surface area contributed by atoms with E-state index in [2.05, 4.69) is 20.6 Å². The van der Waals surface area contributed by atoms with Crippen molar-refractivity contribution in [2.75, 3.05) is 10.6 Å². The summed E-state index contributed by atoms with van der Waals surface area (Å²) in [6.07, 6.45) is 0.103. The Bertz CT molecular complexity index is 1040. The molecule has 7 heteroatoms. The molecule has 1 heterocycles. The summed E-state index contributed by atoms with van der Waals surface area (Å²) in [5.74, 6) is 0.745. The van der Waals surface area contributed by atoms with Crippen LogP contribution in [0, 0.1) is 18.3 Å². The zero-order chi connectivity index (χ0) is 20.8. The van der Waals surface area contributed by atoms with Crippen LogP contribution in [0.3, 0.4) is 0 Å². The molecule has 2 N–H and O–H groups in total. The van der Waals surface area contributed by atoms with Crippen LogP contribution in [0.2, 0.25) is 0 Å². The first-order valence-corrected chi connectivity index (χ1v) is 9.14. The van der Waals surface area contributed by atoms with Crippen LogP contribution in [0.15, 0.2) is 54.6 Å². The molecule has 0 aliphatic carbocycles. The van der Waals surface area contributed by atoms with Gasteiger partial charge in [0, 0.05) is 17.1 Å². The van der Waals surface area contributed by atoms with Crippen LogP contribution in [0.25, 0.3) is 0 Å². The number of hydrogen-bond donors (Lipinski definition) is 2. The van der Waals surface area contributed by atoms with E-state index in [0.29, 0.717) is 22.9 Å². The first-order valence-electron chi connectivity index (χ1n) is 9.14. The van der Waals surface area contributed by atoms with Gasteiger partial charge >= 0.3 is 0 Å². The molecule has 1 amide bonds. The van der Waals surface area contributed by atoms with E-state index in [4.69, 9.17) is 10.00 Å². The molecule has 2 aromatic carbocycles. The number of ether oxygens (including phenoxy) is 1. The van der Waals surface area contributed by atoms with Gasteiger partial charge in [-0.2, -0.15) is 5.26 Å². The number of rotatable bonds is 6. The first kappa shape index (κ1) is 19.8. The van der Waals surface area contributed by atoms with Crippen molar-refractivity contribution in [3.63, 3.8) is 0 Å². The lowest BCUT2D eigenvalue weighted by Crippen LogP contribution is -2.15. The molecule has 146 valence electrons. The minimum absolute atomic E-state index is 0.103. The van der Waals surface area contributed by atoms with E-state index in [-0.39, 0.29) is 17.7 Å². The lowest BCUT2D eigenvalue weighted by Gasteiger charge is -2.11. The zero-order valence-corrected chi connectivity index (χ0v) is 16.4. The predicted octanol–water partition coefficient (Wildman–Crippen LogP) is 4.44. The third-order valence-corrected chi connectivity index (χ3v) is 3.84. The standard InChI is InChI=1S/C22H21N5O2/c1-14(2)29-19-10-8-18(9-11-19)26-22-24-15(3)12-20(27-22)21(28)25-17-6-4-16(13-23)5-7-17/h4-12,14H,1-3H3,(H,25,28)(H,24,26,27). The van der Waals surface area contributed by atoms with E-state index in [9.17, 15) is 4.79 Å². The molecule has 0 saturated carbocycles. The number of nitrogens with zero attached hydrogens (tertiary/aromatic N) is 3. The maximum absolute atomic E-state index is 12.6. The number of aromatic nitrogens is 2. The Hall–Kier alpha value is -3.92. The first-order chi connectivity index (χ1) is 13.9. The maximum atomic E-state index is 12.6. The molecule has 0 saturated heterocycles. The van der Waals surface area contributed by atoms with Gasteiger partial charge in [-0.1, -0.05) is 0 Å². The van der Waals surface area contributed by atoms with Crippen molar-refractivity contribution in [3.8, 4) is 11.8 Å². The highest BCUT2D eigenvalue weighted by Gasteiger charge is 2.11. The van der Waals surface area contributed by atoms with Crippen LogP contribution in [0.5, 0.6) is 5.75 Å². The molecule has 0 atom stereocenters. The normalized spacial score (nSPS) is 10.3. The van der Waals surface area contributed by atoms with E-state index in [1.165, 1.54) is 0 Å². The Morgan fingerprint density at radius 2 is 1.69 bits per heavy atom. The molecule has 0 aliphatic heterocycles. The van der Waals surface area contributed by atoms with E-state index in [1.807, 2.05) is 44.2 Å². The number of carbonyl (C=O) groups is 1. The van der Waals surface area contributed by atoms with Gasteiger partial charge in [0.2, 0.25) is 5.95 Å². The van der Waals surface area contributed by atoms with Gasteiger partial charge < -0.3 is 15.4 Å². The second kappa shape index (κ2) is 8.85. The van der Waals surface area contributed by atoms with Crippen molar-refractivity contribution >= 4 is 23.2 Å². The number of aryl methyl sites for hydroxylation is 1. The lowest BCUT2D eigenvalue weighted by atomic mass is 10.2. The molecule has 3 rings (SSSR count). The smallest absolute Gasteiger partial charge is 0.274 e. The van der Waals surface area contributed by atoms with Gasteiger partial charge in [0.1, 0.15) is 11.4 Å². The fourth-order valence-electron chi connectivity index (χ4n) is 2.58. The fourth-order valence-corrected chi connectivity index (χ4v) is 2.58. The van der Waals surface area contributed by atoms with E-state index in [1.54, 1.807) is 37.3 Å². The van der Waals surface area contributed by atoms with Gasteiger partial charge in [-0.15, -0.1) is 0 Å². The highest BCUT2D eigenvalue weighted by atomic mass is 16.5. The van der Waals surface area contributed by atoms with Gasteiger partial charge in [0.05, 0.1) is 17.7 Å². The SMILES string of the molecule is Cc1cc(C(=O)Nc2ccc(C#N)cc2)nc(Nc2ccc(OC(C)C)cc2)n1. The van der Waals surface area contributed by atoms with E-state index >= 15 is 0 Å². The third kappa shape index (κ3) is 5.53. The van der Waals surface area contributed by atoms with Gasteiger partial charge in [-0.05, 0) is 75.4 Å². The van der Waals surface area contributed by atoms with Crippen molar-refractivity contribution < 1.29 is 9.53 Å². The van der Waals surface area contributed by atoms with Crippen LogP contribution < -0.4 is 15.4 Å². The number of amides is 1. The van der Waals surface area contributed by atoms with Crippen molar-refractivity contribution in [2.45, 2.75) is 26.9 Å². The van der Waals surface area contributed by atoms with Crippen LogP contribution in [-0.2, 0) is 0 Å². The summed E-state index contributed by atoms with van der Waals surface area (Å²) in [6, 6.07) is 17.7. The summed E-state index contributed by atoms with van der Waals surface area (Å²) < 4.78 is 5.63. The number of benzene rings is 2. The lowest BCUT2D eigenvalue weighted by molar-refractivity contribution is 0.102. The number of carbonyl (C=O) groups excluding carboxylic acids is 1. The summed E-state index contributed by atoms with van der Waals surface area (Å²) in [5, 5.41) is 14.7. The molecule has 3 aromatic rings. The second-order valence-corrected chi connectivity index (χ2v) is 6.68. The molecule has 0 spiro atoms. The predicted molar refractivity (Wildman–Crippen MR) is 111 cm³/mol. The topological polar surface area (TPSA) is 99.9 Å². The summed E-state index contributed by atoms with van der Waals surface area (Å²) in [7, 11) is 0. The molecule has 7 nitrogen and oxygen atoms in total. The highest BCUT2D eigenvalue weighted by Crippen LogP contribution is 2.20. The molecule has 0 radical (unpaired) electrons. The Morgan fingerprint density at radius 3 is 2.31 bits per heavy atom. The van der Waals surface area contributed by atoms with Gasteiger partial charge in [0.15, 0.2) is 0 Å². The Balaban J connectivity index is 1.73. The van der Waals surface area contributed by atoms with Gasteiger partial charge in [-0.3, -0.25) is 4.79 Å². The Kier molecular flexibility index (Phi) is 6.05. The number of nitriles is 1. The monoisotopic (exact) mass is 387 g/mol. The van der Waals surface area contributed by atoms with Crippen molar-refractivity contribution in [1.29, 1.82) is 5.26 Å². The summed E-state index contributed by atoms with van der Waals surface area (Å²) >= 11 is 0.